The molecule has 0 heterocycles. The van der Waals surface area contributed by atoms with Gasteiger partial charge < -0.3 is 14.8 Å². The Morgan fingerprint density at radius 2 is 2.00 bits per heavy atom. The van der Waals surface area contributed by atoms with Crippen LogP contribution in [0.1, 0.15) is 30.9 Å². The molecule has 1 aliphatic rings. The molecular weight excluding hydrogens is 329 g/mol. The normalized spacial score (nSPS) is 13.8. The van der Waals surface area contributed by atoms with E-state index in [1.54, 1.807) is 18.2 Å². The first-order chi connectivity index (χ1) is 11.7. The van der Waals surface area contributed by atoms with E-state index in [4.69, 9.17) is 21.1 Å². The molecule has 3 rings (SSSR count). The van der Waals surface area contributed by atoms with Crippen LogP contribution >= 0.6 is 11.6 Å². The molecule has 0 bridgehead atoms. The molecule has 0 radical (unpaired) electrons. The molecule has 1 N–H and O–H groups in total. The maximum atomic E-state index is 13.7. The topological polar surface area (TPSA) is 30.5 Å². The molecule has 0 unspecified atom stereocenters. The van der Waals surface area contributed by atoms with Crippen LogP contribution in [0.2, 0.25) is 5.02 Å². The third-order valence-electron chi connectivity index (χ3n) is 3.87. The smallest absolute Gasteiger partial charge is 0.180 e. The lowest BCUT2D eigenvalue weighted by molar-refractivity contribution is 0.266. The molecular formula is C19H21ClFNO2. The van der Waals surface area contributed by atoms with Crippen molar-refractivity contribution in [2.45, 2.75) is 39.0 Å². The van der Waals surface area contributed by atoms with Crippen molar-refractivity contribution in [2.75, 3.05) is 6.61 Å². The first-order valence-corrected chi connectivity index (χ1v) is 8.60. The second kappa shape index (κ2) is 7.86. The van der Waals surface area contributed by atoms with Gasteiger partial charge in [-0.15, -0.1) is 0 Å². The third kappa shape index (κ3) is 4.40. The van der Waals surface area contributed by atoms with Crippen LogP contribution in [-0.4, -0.2) is 12.6 Å². The second-order valence-electron chi connectivity index (χ2n) is 5.87. The fourth-order valence-electron chi connectivity index (χ4n) is 2.44. The Bertz CT molecular complexity index is 704. The third-order valence-corrected chi connectivity index (χ3v) is 4.15. The molecule has 2 aromatic rings. The molecule has 2 aromatic carbocycles. The molecule has 0 aliphatic heterocycles. The summed E-state index contributed by atoms with van der Waals surface area (Å²) in [6.45, 7) is 3.26. The van der Waals surface area contributed by atoms with E-state index in [0.29, 0.717) is 34.7 Å². The molecule has 0 spiro atoms. The molecule has 0 aromatic heterocycles. The van der Waals surface area contributed by atoms with Crippen LogP contribution in [0.25, 0.3) is 0 Å². The summed E-state index contributed by atoms with van der Waals surface area (Å²) in [5.74, 6) is 0.753. The van der Waals surface area contributed by atoms with Crippen molar-refractivity contribution >= 4 is 11.6 Å². The van der Waals surface area contributed by atoms with Crippen LogP contribution < -0.4 is 14.8 Å². The van der Waals surface area contributed by atoms with Gasteiger partial charge in [0.25, 0.3) is 0 Å². The van der Waals surface area contributed by atoms with Gasteiger partial charge in [-0.1, -0.05) is 29.8 Å². The van der Waals surface area contributed by atoms with Gasteiger partial charge in [0, 0.05) is 18.2 Å². The number of hydrogen-bond donors (Lipinski definition) is 1. The van der Waals surface area contributed by atoms with Crippen molar-refractivity contribution in [3.63, 3.8) is 0 Å². The lowest BCUT2D eigenvalue weighted by Crippen LogP contribution is -2.15. The Balaban J connectivity index is 1.75. The second-order valence-corrected chi connectivity index (χ2v) is 6.28. The maximum absolute atomic E-state index is 13.7. The van der Waals surface area contributed by atoms with E-state index < -0.39 is 0 Å². The zero-order valence-electron chi connectivity index (χ0n) is 13.6. The number of halogens is 2. The van der Waals surface area contributed by atoms with Gasteiger partial charge in [0.05, 0.1) is 11.6 Å². The van der Waals surface area contributed by atoms with Gasteiger partial charge in [0.15, 0.2) is 11.5 Å². The average molecular weight is 350 g/mol. The summed E-state index contributed by atoms with van der Waals surface area (Å²) in [6, 6.07) is 11.0. The summed E-state index contributed by atoms with van der Waals surface area (Å²) < 4.78 is 25.2. The van der Waals surface area contributed by atoms with Crippen molar-refractivity contribution in [2.24, 2.45) is 0 Å². The first kappa shape index (κ1) is 17.1. The first-order valence-electron chi connectivity index (χ1n) is 8.22. The minimum Gasteiger partial charge on any atom is -0.490 e. The Morgan fingerprint density at radius 1 is 1.21 bits per heavy atom. The quantitative estimate of drug-likeness (QED) is 0.748. The minimum absolute atomic E-state index is 0.103. The molecule has 0 atom stereocenters. The average Bonchev–Trinajstić information content (AvgIpc) is 3.38. The number of hydrogen-bond acceptors (Lipinski definition) is 3. The van der Waals surface area contributed by atoms with Crippen molar-refractivity contribution in [3.05, 3.63) is 58.4 Å². The molecule has 0 saturated heterocycles. The Labute approximate surface area is 146 Å². The fraction of sp³-hybridized carbons (Fsp3) is 0.368. The molecule has 24 heavy (non-hydrogen) atoms. The molecule has 1 fully saturated rings. The van der Waals surface area contributed by atoms with Crippen molar-refractivity contribution < 1.29 is 13.9 Å². The maximum Gasteiger partial charge on any atom is 0.180 e. The van der Waals surface area contributed by atoms with Gasteiger partial charge in [0.2, 0.25) is 0 Å². The van der Waals surface area contributed by atoms with E-state index >= 15 is 0 Å². The molecule has 3 nitrogen and oxygen atoms in total. The highest BCUT2D eigenvalue weighted by Crippen LogP contribution is 2.37. The number of nitrogens with one attached hydrogen (secondary N) is 1. The predicted molar refractivity (Wildman–Crippen MR) is 93.2 cm³/mol. The number of ether oxygens (including phenoxy) is 2. The highest BCUT2D eigenvalue weighted by atomic mass is 35.5. The van der Waals surface area contributed by atoms with E-state index in [1.165, 1.54) is 18.9 Å². The number of benzene rings is 2. The van der Waals surface area contributed by atoms with E-state index in [1.807, 2.05) is 19.1 Å². The Kier molecular flexibility index (Phi) is 5.59. The lowest BCUT2D eigenvalue weighted by Gasteiger charge is -2.16. The van der Waals surface area contributed by atoms with Crippen LogP contribution in [-0.2, 0) is 13.2 Å². The monoisotopic (exact) mass is 349 g/mol. The van der Waals surface area contributed by atoms with Crippen LogP contribution in [0.4, 0.5) is 4.39 Å². The Morgan fingerprint density at radius 3 is 2.71 bits per heavy atom. The van der Waals surface area contributed by atoms with Crippen molar-refractivity contribution in [3.8, 4) is 11.5 Å². The Hall–Kier alpha value is -1.78. The molecule has 1 saturated carbocycles. The summed E-state index contributed by atoms with van der Waals surface area (Å²) in [7, 11) is 0. The highest BCUT2D eigenvalue weighted by Gasteiger charge is 2.21. The van der Waals surface area contributed by atoms with E-state index in [0.717, 1.165) is 12.1 Å². The van der Waals surface area contributed by atoms with Crippen molar-refractivity contribution in [1.82, 2.24) is 5.32 Å². The standard InChI is InChI=1S/C19H21ClFNO2/c1-2-23-18-10-13(11-22-15-7-8-15)9-16(20)19(18)24-12-14-5-3-4-6-17(14)21/h3-6,9-10,15,22H,2,7-8,11-12H2,1H3. The van der Waals surface area contributed by atoms with E-state index in [-0.39, 0.29) is 12.4 Å². The predicted octanol–water partition coefficient (Wildman–Crippen LogP) is 4.71. The van der Waals surface area contributed by atoms with Crippen LogP contribution in [0.3, 0.4) is 0 Å². The van der Waals surface area contributed by atoms with Gasteiger partial charge in [-0.3, -0.25) is 0 Å². The van der Waals surface area contributed by atoms with Crippen molar-refractivity contribution in [1.29, 1.82) is 0 Å². The van der Waals surface area contributed by atoms with Gasteiger partial charge in [-0.2, -0.15) is 0 Å². The summed E-state index contributed by atoms with van der Waals surface area (Å²) >= 11 is 6.38. The molecule has 128 valence electrons. The SMILES string of the molecule is CCOc1cc(CNC2CC2)cc(Cl)c1OCc1ccccc1F. The van der Waals surface area contributed by atoms with Gasteiger partial charge in [-0.05, 0) is 43.5 Å². The van der Waals surface area contributed by atoms with Gasteiger partial charge in [-0.25, -0.2) is 4.39 Å². The summed E-state index contributed by atoms with van der Waals surface area (Å²) in [5.41, 5.74) is 1.53. The van der Waals surface area contributed by atoms with Gasteiger partial charge >= 0.3 is 0 Å². The number of rotatable bonds is 8. The van der Waals surface area contributed by atoms with E-state index in [2.05, 4.69) is 5.32 Å². The van der Waals surface area contributed by atoms with E-state index in [9.17, 15) is 4.39 Å². The molecule has 1 aliphatic carbocycles. The lowest BCUT2D eigenvalue weighted by atomic mass is 10.2. The van der Waals surface area contributed by atoms with Gasteiger partial charge in [0.1, 0.15) is 12.4 Å². The minimum atomic E-state index is -0.295. The zero-order chi connectivity index (χ0) is 16.9. The summed E-state index contributed by atoms with van der Waals surface area (Å²) in [4.78, 5) is 0. The zero-order valence-corrected chi connectivity index (χ0v) is 14.4. The largest absolute Gasteiger partial charge is 0.490 e. The molecule has 0 amide bonds. The summed E-state index contributed by atoms with van der Waals surface area (Å²) in [5, 5.41) is 3.93. The van der Waals surface area contributed by atoms with Crippen LogP contribution in [0.15, 0.2) is 36.4 Å². The van der Waals surface area contributed by atoms with Crippen LogP contribution in [0.5, 0.6) is 11.5 Å². The van der Waals surface area contributed by atoms with Crippen LogP contribution in [0, 0.1) is 5.82 Å². The highest BCUT2D eigenvalue weighted by molar-refractivity contribution is 6.32. The fourth-order valence-corrected chi connectivity index (χ4v) is 2.73. The molecule has 5 heteroatoms. The summed E-state index contributed by atoms with van der Waals surface area (Å²) in [6.07, 6.45) is 2.46.